The maximum absolute atomic E-state index is 12.9. The van der Waals surface area contributed by atoms with E-state index in [1.54, 1.807) is 6.07 Å². The van der Waals surface area contributed by atoms with Gasteiger partial charge in [-0.15, -0.1) is 0 Å². The number of hydrogen-bond donors (Lipinski definition) is 2. The fraction of sp³-hybridized carbons (Fsp3) is 0.667. The molecule has 0 radical (unpaired) electrons. The van der Waals surface area contributed by atoms with E-state index in [-0.39, 0.29) is 18.0 Å². The molecule has 0 amide bonds. The molecule has 0 aliphatic carbocycles. The number of halogens is 1. The van der Waals surface area contributed by atoms with Crippen LogP contribution >= 0.6 is 0 Å². The van der Waals surface area contributed by atoms with Gasteiger partial charge in [0.05, 0.1) is 24.0 Å². The van der Waals surface area contributed by atoms with E-state index in [9.17, 15) is 9.50 Å². The second kappa shape index (κ2) is 7.67. The smallest absolute Gasteiger partial charge is 0.141 e. The zero-order chi connectivity index (χ0) is 14.4. The predicted molar refractivity (Wildman–Crippen MR) is 76.9 cm³/mol. The highest BCUT2D eigenvalue weighted by atomic mass is 19.1. The molecule has 0 saturated carbocycles. The van der Waals surface area contributed by atoms with Crippen molar-refractivity contribution >= 4 is 0 Å². The highest BCUT2D eigenvalue weighted by Crippen LogP contribution is 2.17. The molecule has 2 unspecified atom stereocenters. The molecule has 112 valence electrons. The van der Waals surface area contributed by atoms with Crippen molar-refractivity contribution in [3.63, 3.8) is 0 Å². The molecule has 2 N–H and O–H groups in total. The SMILES string of the molecule is CCNC(CCN1CCCC(O)C1)c1ccc(F)cn1. The van der Waals surface area contributed by atoms with Crippen LogP contribution in [0.25, 0.3) is 0 Å². The van der Waals surface area contributed by atoms with Gasteiger partial charge in [0.1, 0.15) is 5.82 Å². The van der Waals surface area contributed by atoms with Crippen molar-refractivity contribution in [1.82, 2.24) is 15.2 Å². The average Bonchev–Trinajstić information content (AvgIpc) is 2.44. The summed E-state index contributed by atoms with van der Waals surface area (Å²) in [7, 11) is 0. The van der Waals surface area contributed by atoms with Gasteiger partial charge in [0.2, 0.25) is 0 Å². The van der Waals surface area contributed by atoms with E-state index >= 15 is 0 Å². The van der Waals surface area contributed by atoms with Gasteiger partial charge in [0.25, 0.3) is 0 Å². The van der Waals surface area contributed by atoms with Crippen molar-refractivity contribution in [3.8, 4) is 0 Å². The second-order valence-electron chi connectivity index (χ2n) is 5.40. The van der Waals surface area contributed by atoms with Gasteiger partial charge in [0, 0.05) is 13.1 Å². The Kier molecular flexibility index (Phi) is 5.88. The van der Waals surface area contributed by atoms with Crippen LogP contribution in [0.5, 0.6) is 0 Å². The molecule has 2 heterocycles. The molecule has 1 saturated heterocycles. The van der Waals surface area contributed by atoms with E-state index in [1.807, 2.05) is 0 Å². The highest BCUT2D eigenvalue weighted by Gasteiger charge is 2.19. The number of rotatable bonds is 6. The normalized spacial score (nSPS) is 21.9. The minimum absolute atomic E-state index is 0.139. The number of pyridine rings is 1. The molecular formula is C15H24FN3O. The molecule has 0 aromatic carbocycles. The minimum atomic E-state index is -0.303. The zero-order valence-electron chi connectivity index (χ0n) is 12.1. The van der Waals surface area contributed by atoms with E-state index in [4.69, 9.17) is 0 Å². The lowest BCUT2D eigenvalue weighted by atomic mass is 10.1. The molecule has 1 aliphatic rings. The van der Waals surface area contributed by atoms with Gasteiger partial charge >= 0.3 is 0 Å². The van der Waals surface area contributed by atoms with E-state index in [0.717, 1.165) is 51.1 Å². The maximum Gasteiger partial charge on any atom is 0.141 e. The number of aliphatic hydroxyl groups is 1. The minimum Gasteiger partial charge on any atom is -0.392 e. The van der Waals surface area contributed by atoms with E-state index < -0.39 is 0 Å². The topological polar surface area (TPSA) is 48.4 Å². The van der Waals surface area contributed by atoms with Crippen LogP contribution in [0.15, 0.2) is 18.3 Å². The van der Waals surface area contributed by atoms with E-state index in [0.29, 0.717) is 0 Å². The Morgan fingerprint density at radius 3 is 3.05 bits per heavy atom. The molecule has 0 spiro atoms. The summed E-state index contributed by atoms with van der Waals surface area (Å²) >= 11 is 0. The monoisotopic (exact) mass is 281 g/mol. The second-order valence-corrected chi connectivity index (χ2v) is 5.40. The van der Waals surface area contributed by atoms with E-state index in [1.165, 1.54) is 12.3 Å². The molecule has 1 aromatic heterocycles. The van der Waals surface area contributed by atoms with Crippen molar-refractivity contribution in [1.29, 1.82) is 0 Å². The number of nitrogens with one attached hydrogen (secondary N) is 1. The average molecular weight is 281 g/mol. The van der Waals surface area contributed by atoms with E-state index in [2.05, 4.69) is 22.1 Å². The molecule has 20 heavy (non-hydrogen) atoms. The van der Waals surface area contributed by atoms with Gasteiger partial charge in [-0.2, -0.15) is 0 Å². The Morgan fingerprint density at radius 1 is 1.55 bits per heavy atom. The highest BCUT2D eigenvalue weighted by molar-refractivity contribution is 5.10. The molecule has 1 aliphatic heterocycles. The maximum atomic E-state index is 12.9. The molecule has 0 bridgehead atoms. The first-order valence-electron chi connectivity index (χ1n) is 7.44. The lowest BCUT2D eigenvalue weighted by molar-refractivity contribution is 0.0685. The number of aliphatic hydroxyl groups excluding tert-OH is 1. The standard InChI is InChI=1S/C15H24FN3O/c1-2-17-15(14-6-5-12(16)10-18-14)7-9-19-8-3-4-13(20)11-19/h5-6,10,13,15,17,20H,2-4,7-9,11H2,1H3. The number of likely N-dealkylation sites (tertiary alicyclic amines) is 1. The van der Waals surface area contributed by atoms with Crippen molar-refractivity contribution < 1.29 is 9.50 Å². The van der Waals surface area contributed by atoms with Gasteiger partial charge < -0.3 is 15.3 Å². The summed E-state index contributed by atoms with van der Waals surface area (Å²) in [5.41, 5.74) is 0.880. The first-order valence-corrected chi connectivity index (χ1v) is 7.44. The summed E-state index contributed by atoms with van der Waals surface area (Å²) < 4.78 is 12.9. The molecular weight excluding hydrogens is 257 g/mol. The van der Waals surface area contributed by atoms with Gasteiger partial charge in [-0.1, -0.05) is 6.92 Å². The Morgan fingerprint density at radius 2 is 2.40 bits per heavy atom. The molecule has 2 rings (SSSR count). The van der Waals surface area contributed by atoms with Crippen LogP contribution in [-0.2, 0) is 0 Å². The van der Waals surface area contributed by atoms with Crippen LogP contribution in [0.2, 0.25) is 0 Å². The van der Waals surface area contributed by atoms with Crippen molar-refractivity contribution in [2.24, 2.45) is 0 Å². The van der Waals surface area contributed by atoms with Gasteiger partial charge in [-0.25, -0.2) is 4.39 Å². The Hall–Kier alpha value is -1.04. The summed E-state index contributed by atoms with van der Waals surface area (Å²) in [4.78, 5) is 6.46. The lowest BCUT2D eigenvalue weighted by Gasteiger charge is -2.31. The first-order chi connectivity index (χ1) is 9.69. The van der Waals surface area contributed by atoms with Crippen molar-refractivity contribution in [2.45, 2.75) is 38.3 Å². The third kappa shape index (κ3) is 4.51. The van der Waals surface area contributed by atoms with Crippen LogP contribution < -0.4 is 5.32 Å². The molecule has 4 nitrogen and oxygen atoms in total. The van der Waals surface area contributed by atoms with Crippen molar-refractivity contribution in [3.05, 3.63) is 29.8 Å². The molecule has 2 atom stereocenters. The summed E-state index contributed by atoms with van der Waals surface area (Å²) in [5, 5.41) is 13.1. The number of hydrogen-bond acceptors (Lipinski definition) is 4. The van der Waals surface area contributed by atoms with Crippen LogP contribution in [0.3, 0.4) is 0 Å². The Labute approximate surface area is 120 Å². The third-order valence-corrected chi connectivity index (χ3v) is 3.77. The van der Waals surface area contributed by atoms with Crippen LogP contribution in [-0.4, -0.2) is 47.3 Å². The Balaban J connectivity index is 1.90. The fourth-order valence-corrected chi connectivity index (χ4v) is 2.74. The van der Waals surface area contributed by atoms with Crippen LogP contribution in [0, 0.1) is 5.82 Å². The number of β-amino-alcohol motifs (C(OH)–C–C–N with tert-alkyl or cyclic N) is 1. The summed E-state index contributed by atoms with van der Waals surface area (Å²) in [5.74, 6) is -0.303. The lowest BCUT2D eigenvalue weighted by Crippen LogP contribution is -2.39. The summed E-state index contributed by atoms with van der Waals surface area (Å²) in [6.07, 6.45) is 3.96. The number of nitrogens with zero attached hydrogens (tertiary/aromatic N) is 2. The number of piperidine rings is 1. The number of aromatic nitrogens is 1. The van der Waals surface area contributed by atoms with Crippen LogP contribution in [0.4, 0.5) is 4.39 Å². The summed E-state index contributed by atoms with van der Waals surface area (Å²) in [6.45, 7) is 5.64. The zero-order valence-corrected chi connectivity index (χ0v) is 12.1. The summed E-state index contributed by atoms with van der Waals surface area (Å²) in [6, 6.07) is 3.34. The van der Waals surface area contributed by atoms with Gasteiger partial charge in [-0.3, -0.25) is 4.98 Å². The van der Waals surface area contributed by atoms with Crippen LogP contribution in [0.1, 0.15) is 37.9 Å². The Bertz CT molecular complexity index is 399. The van der Waals surface area contributed by atoms with Gasteiger partial charge in [-0.05, 0) is 44.5 Å². The molecule has 5 heteroatoms. The largest absolute Gasteiger partial charge is 0.392 e. The first kappa shape index (κ1) is 15.4. The quantitative estimate of drug-likeness (QED) is 0.833. The van der Waals surface area contributed by atoms with Gasteiger partial charge in [0.15, 0.2) is 0 Å². The molecule has 1 aromatic rings. The predicted octanol–water partition coefficient (Wildman–Crippen LogP) is 1.72. The fourth-order valence-electron chi connectivity index (χ4n) is 2.74. The third-order valence-electron chi connectivity index (χ3n) is 3.77. The van der Waals surface area contributed by atoms with Crippen molar-refractivity contribution in [2.75, 3.05) is 26.2 Å². The molecule has 1 fully saturated rings.